The van der Waals surface area contributed by atoms with Crippen molar-refractivity contribution in [2.45, 2.75) is 32.5 Å². The molecule has 3 aromatic rings. The number of halogens is 2. The van der Waals surface area contributed by atoms with Crippen molar-refractivity contribution in [3.8, 4) is 5.75 Å². The van der Waals surface area contributed by atoms with Crippen LogP contribution in [0, 0.1) is 11.6 Å². The predicted octanol–water partition coefficient (Wildman–Crippen LogP) is 3.39. The van der Waals surface area contributed by atoms with Crippen molar-refractivity contribution in [2.75, 3.05) is 26.7 Å². The van der Waals surface area contributed by atoms with Crippen molar-refractivity contribution in [1.82, 2.24) is 14.4 Å². The minimum Gasteiger partial charge on any atom is -0.496 e. The van der Waals surface area contributed by atoms with Crippen LogP contribution in [0.25, 0.3) is 0 Å². The first kappa shape index (κ1) is 23.2. The summed E-state index contributed by atoms with van der Waals surface area (Å²) in [6.07, 6.45) is 1.18. The van der Waals surface area contributed by atoms with Crippen LogP contribution in [0.15, 0.2) is 53.3 Å². The predicted molar refractivity (Wildman–Crippen MR) is 127 cm³/mol. The van der Waals surface area contributed by atoms with Crippen LogP contribution in [0.4, 0.5) is 8.78 Å². The average molecular weight is 480 g/mol. The first-order chi connectivity index (χ1) is 17.0. The smallest absolute Gasteiger partial charge is 0.259 e. The van der Waals surface area contributed by atoms with Gasteiger partial charge >= 0.3 is 0 Å². The fourth-order valence-corrected chi connectivity index (χ4v) is 5.08. The van der Waals surface area contributed by atoms with Crippen molar-refractivity contribution in [3.63, 3.8) is 0 Å². The molecule has 0 aliphatic carbocycles. The number of rotatable bonds is 4. The summed E-state index contributed by atoms with van der Waals surface area (Å²) in [7, 11) is 1.46. The van der Waals surface area contributed by atoms with E-state index in [1.165, 1.54) is 24.8 Å². The van der Waals surface area contributed by atoms with Gasteiger partial charge in [0, 0.05) is 63.0 Å². The summed E-state index contributed by atoms with van der Waals surface area (Å²) in [5.74, 6) is -1.62. The van der Waals surface area contributed by atoms with E-state index < -0.39 is 11.6 Å². The van der Waals surface area contributed by atoms with E-state index in [2.05, 4.69) is 6.07 Å². The van der Waals surface area contributed by atoms with Crippen molar-refractivity contribution >= 4 is 5.91 Å². The van der Waals surface area contributed by atoms with Gasteiger partial charge in [0.15, 0.2) is 11.6 Å². The van der Waals surface area contributed by atoms with E-state index in [0.717, 1.165) is 18.1 Å². The fourth-order valence-electron chi connectivity index (χ4n) is 5.08. The molecule has 0 N–H and O–H groups in total. The van der Waals surface area contributed by atoms with Gasteiger partial charge < -0.3 is 14.2 Å². The molecular formula is C27H27F2N3O3. The second-order valence-corrected chi connectivity index (χ2v) is 9.01. The normalized spacial score (nSPS) is 15.8. The highest BCUT2D eigenvalue weighted by molar-refractivity contribution is 5.98. The van der Waals surface area contributed by atoms with Crippen LogP contribution < -0.4 is 10.3 Å². The zero-order valence-electron chi connectivity index (χ0n) is 19.6. The van der Waals surface area contributed by atoms with Crippen molar-refractivity contribution in [1.29, 1.82) is 0 Å². The van der Waals surface area contributed by atoms with E-state index in [-0.39, 0.29) is 29.3 Å². The molecule has 0 bridgehead atoms. The monoisotopic (exact) mass is 479 g/mol. The Morgan fingerprint density at radius 3 is 2.57 bits per heavy atom. The Morgan fingerprint density at radius 2 is 1.77 bits per heavy atom. The summed E-state index contributed by atoms with van der Waals surface area (Å²) in [5.41, 5.74) is 3.42. The molecule has 2 aliphatic heterocycles. The van der Waals surface area contributed by atoms with Gasteiger partial charge in [-0.15, -0.1) is 0 Å². The first-order valence-corrected chi connectivity index (χ1v) is 11.8. The molecule has 0 saturated heterocycles. The molecule has 35 heavy (non-hydrogen) atoms. The fraction of sp³-hybridized carbons (Fsp3) is 0.333. The van der Waals surface area contributed by atoms with Crippen LogP contribution in [-0.2, 0) is 32.5 Å². The van der Waals surface area contributed by atoms with Gasteiger partial charge in [-0.25, -0.2) is 8.78 Å². The van der Waals surface area contributed by atoms with Crippen LogP contribution in [0.2, 0.25) is 0 Å². The van der Waals surface area contributed by atoms with E-state index in [1.807, 2.05) is 23.1 Å². The van der Waals surface area contributed by atoms with Crippen LogP contribution in [0.1, 0.15) is 32.7 Å². The van der Waals surface area contributed by atoms with E-state index in [1.54, 1.807) is 15.5 Å². The van der Waals surface area contributed by atoms with Gasteiger partial charge in [0.2, 0.25) is 0 Å². The number of pyridine rings is 1. The third kappa shape index (κ3) is 4.46. The molecule has 1 amide bonds. The Labute approximate surface area is 202 Å². The van der Waals surface area contributed by atoms with Crippen molar-refractivity contribution < 1.29 is 18.3 Å². The van der Waals surface area contributed by atoms with Gasteiger partial charge in [-0.2, -0.15) is 0 Å². The van der Waals surface area contributed by atoms with E-state index in [9.17, 15) is 18.4 Å². The number of carbonyl (C=O) groups excluding carboxylic acids is 1. The largest absolute Gasteiger partial charge is 0.496 e. The Kier molecular flexibility index (Phi) is 6.38. The number of aromatic nitrogens is 1. The number of hydrogen-bond acceptors (Lipinski definition) is 4. The standard InChI is InChI=1S/C27H27F2N3O3/c1-35-23-15-24(33)32-14-13-30(16-20-7-4-8-21(28)26(20)29)11-10-22(32)25(23)27(34)31-12-9-18-5-2-3-6-19(18)17-31/h2-8,15H,9-14,16-17H2,1H3. The topological polar surface area (TPSA) is 54.8 Å². The highest BCUT2D eigenvalue weighted by Crippen LogP contribution is 2.28. The summed E-state index contributed by atoms with van der Waals surface area (Å²) in [6.45, 7) is 2.61. The third-order valence-electron chi connectivity index (χ3n) is 6.96. The molecule has 182 valence electrons. The second-order valence-electron chi connectivity index (χ2n) is 9.01. The molecule has 6 nitrogen and oxygen atoms in total. The lowest BCUT2D eigenvalue weighted by Gasteiger charge is -2.30. The van der Waals surface area contributed by atoms with Gasteiger partial charge in [0.25, 0.3) is 11.5 Å². The summed E-state index contributed by atoms with van der Waals surface area (Å²) in [5, 5.41) is 0. The molecule has 2 aliphatic rings. The minimum atomic E-state index is -0.877. The summed E-state index contributed by atoms with van der Waals surface area (Å²) in [4.78, 5) is 30.4. The maximum Gasteiger partial charge on any atom is 0.259 e. The quantitative estimate of drug-likeness (QED) is 0.576. The second kappa shape index (κ2) is 9.62. The number of hydrogen-bond donors (Lipinski definition) is 0. The minimum absolute atomic E-state index is 0.162. The van der Waals surface area contributed by atoms with Crippen molar-refractivity contribution in [3.05, 3.63) is 98.5 Å². The molecule has 0 spiro atoms. The zero-order valence-corrected chi connectivity index (χ0v) is 19.6. The Bertz CT molecular complexity index is 1340. The lowest BCUT2D eigenvalue weighted by Crippen LogP contribution is -2.38. The van der Waals surface area contributed by atoms with Gasteiger partial charge in [-0.1, -0.05) is 36.4 Å². The molecule has 0 atom stereocenters. The number of fused-ring (bicyclic) bond motifs is 2. The summed E-state index contributed by atoms with van der Waals surface area (Å²) >= 11 is 0. The highest BCUT2D eigenvalue weighted by atomic mass is 19.2. The Balaban J connectivity index is 1.44. The highest BCUT2D eigenvalue weighted by Gasteiger charge is 2.30. The summed E-state index contributed by atoms with van der Waals surface area (Å²) < 4.78 is 35.0. The molecule has 0 radical (unpaired) electrons. The Hall–Kier alpha value is -3.52. The average Bonchev–Trinajstić information content (AvgIpc) is 3.09. The number of methoxy groups -OCH3 is 1. The molecule has 0 saturated carbocycles. The van der Waals surface area contributed by atoms with Crippen LogP contribution in [0.5, 0.6) is 5.75 Å². The maximum atomic E-state index is 14.2. The third-order valence-corrected chi connectivity index (χ3v) is 6.96. The van der Waals surface area contributed by atoms with Crippen molar-refractivity contribution in [2.24, 2.45) is 0 Å². The SMILES string of the molecule is COc1cc(=O)n2c(c1C(=O)N1CCc3ccccc3C1)CCN(Cc1cccc(F)c1F)CC2. The lowest BCUT2D eigenvalue weighted by atomic mass is 9.98. The molecule has 0 fully saturated rings. The van der Waals surface area contributed by atoms with Gasteiger partial charge in [0.1, 0.15) is 11.3 Å². The number of benzene rings is 2. The van der Waals surface area contributed by atoms with E-state index in [0.29, 0.717) is 50.4 Å². The number of amides is 1. The molecule has 2 aromatic carbocycles. The number of ether oxygens (including phenoxy) is 1. The van der Waals surface area contributed by atoms with Gasteiger partial charge in [0.05, 0.1) is 7.11 Å². The molecule has 3 heterocycles. The number of nitrogens with zero attached hydrogens (tertiary/aromatic N) is 3. The molecule has 1 aromatic heterocycles. The molecule has 0 unspecified atom stereocenters. The van der Waals surface area contributed by atoms with Crippen LogP contribution in [0.3, 0.4) is 0 Å². The summed E-state index contributed by atoms with van der Waals surface area (Å²) in [6, 6.07) is 13.6. The lowest BCUT2D eigenvalue weighted by molar-refractivity contribution is 0.0728. The Morgan fingerprint density at radius 1 is 0.971 bits per heavy atom. The molecule has 5 rings (SSSR count). The van der Waals surface area contributed by atoms with E-state index in [4.69, 9.17) is 4.74 Å². The first-order valence-electron chi connectivity index (χ1n) is 11.8. The number of carbonyl (C=O) groups is 1. The molecular weight excluding hydrogens is 452 g/mol. The van der Waals surface area contributed by atoms with Gasteiger partial charge in [-0.3, -0.25) is 14.5 Å². The molecule has 8 heteroatoms. The maximum absolute atomic E-state index is 14.2. The zero-order chi connectivity index (χ0) is 24.5. The van der Waals surface area contributed by atoms with Crippen LogP contribution >= 0.6 is 0 Å². The van der Waals surface area contributed by atoms with Gasteiger partial charge in [-0.05, 0) is 23.6 Å². The van der Waals surface area contributed by atoms with E-state index >= 15 is 0 Å². The van der Waals surface area contributed by atoms with Crippen LogP contribution in [-0.4, -0.2) is 47.0 Å².